The molecule has 0 aliphatic heterocycles. The van der Waals surface area contributed by atoms with Crippen molar-refractivity contribution in [3.63, 3.8) is 0 Å². The summed E-state index contributed by atoms with van der Waals surface area (Å²) in [5.74, 6) is -0.783. The van der Waals surface area contributed by atoms with Crippen LogP contribution in [0.5, 0.6) is 0 Å². The van der Waals surface area contributed by atoms with Crippen molar-refractivity contribution in [3.05, 3.63) is 69.3 Å². The highest BCUT2D eigenvalue weighted by molar-refractivity contribution is 6.15. The molecule has 8 nitrogen and oxygen atoms in total. The molecule has 0 radical (unpaired) electrons. The molecular weight excluding hydrogens is 360 g/mol. The van der Waals surface area contributed by atoms with Gasteiger partial charge in [0.1, 0.15) is 5.69 Å². The molecule has 0 bridgehead atoms. The van der Waals surface area contributed by atoms with E-state index >= 15 is 0 Å². The van der Waals surface area contributed by atoms with Crippen molar-refractivity contribution < 1.29 is 14.5 Å². The van der Waals surface area contributed by atoms with Crippen LogP contribution >= 0.6 is 0 Å². The van der Waals surface area contributed by atoms with Crippen LogP contribution in [-0.2, 0) is 0 Å². The Balaban J connectivity index is 2.33. The normalized spacial score (nSPS) is 10.4. The maximum atomic E-state index is 13.0. The van der Waals surface area contributed by atoms with E-state index in [1.807, 2.05) is 7.05 Å². The van der Waals surface area contributed by atoms with E-state index < -0.39 is 10.7 Å². The first-order valence-electron chi connectivity index (χ1n) is 8.89. The van der Waals surface area contributed by atoms with Crippen LogP contribution in [0.3, 0.4) is 0 Å². The SMILES string of the molecule is CNCCCNC(=O)c1ccccc1C(=O)c1ccc(N(C)C)c([N+](=O)[O-])c1. The topological polar surface area (TPSA) is 105 Å². The summed E-state index contributed by atoms with van der Waals surface area (Å²) in [5, 5.41) is 17.2. The van der Waals surface area contributed by atoms with Crippen molar-refractivity contribution in [2.45, 2.75) is 6.42 Å². The lowest BCUT2D eigenvalue weighted by Gasteiger charge is -2.14. The molecule has 2 aromatic carbocycles. The van der Waals surface area contributed by atoms with Gasteiger partial charge in [-0.3, -0.25) is 19.7 Å². The van der Waals surface area contributed by atoms with Crippen LogP contribution < -0.4 is 15.5 Å². The molecule has 0 aliphatic carbocycles. The van der Waals surface area contributed by atoms with Crippen LogP contribution in [0.1, 0.15) is 32.7 Å². The molecule has 2 rings (SSSR count). The van der Waals surface area contributed by atoms with Crippen LogP contribution in [0.4, 0.5) is 11.4 Å². The van der Waals surface area contributed by atoms with Crippen molar-refractivity contribution in [2.24, 2.45) is 0 Å². The minimum atomic E-state index is -0.521. The van der Waals surface area contributed by atoms with Crippen LogP contribution in [-0.4, -0.2) is 50.8 Å². The number of ketones is 1. The Kier molecular flexibility index (Phi) is 7.22. The monoisotopic (exact) mass is 384 g/mol. The molecule has 28 heavy (non-hydrogen) atoms. The second-order valence-corrected chi connectivity index (χ2v) is 6.44. The van der Waals surface area contributed by atoms with Gasteiger partial charge in [-0.2, -0.15) is 0 Å². The van der Waals surface area contributed by atoms with Gasteiger partial charge >= 0.3 is 0 Å². The number of rotatable bonds is 9. The van der Waals surface area contributed by atoms with Crippen molar-refractivity contribution in [2.75, 3.05) is 39.1 Å². The van der Waals surface area contributed by atoms with Crippen LogP contribution in [0.15, 0.2) is 42.5 Å². The molecule has 148 valence electrons. The average Bonchev–Trinajstić information content (AvgIpc) is 2.69. The van der Waals surface area contributed by atoms with Gasteiger partial charge < -0.3 is 15.5 Å². The molecule has 2 aromatic rings. The first-order chi connectivity index (χ1) is 13.4. The summed E-state index contributed by atoms with van der Waals surface area (Å²) in [4.78, 5) is 37.9. The smallest absolute Gasteiger partial charge is 0.293 e. The lowest BCUT2D eigenvalue weighted by atomic mass is 9.97. The number of nitro groups is 1. The standard InChI is InChI=1S/C20H24N4O4/c1-21-11-6-12-22-20(26)16-8-5-4-7-15(16)19(25)14-9-10-17(23(2)3)18(13-14)24(27)28/h4-5,7-10,13,21H,6,11-12H2,1-3H3,(H,22,26). The summed E-state index contributed by atoms with van der Waals surface area (Å²) >= 11 is 0. The van der Waals surface area contributed by atoms with E-state index in [-0.39, 0.29) is 28.3 Å². The summed E-state index contributed by atoms with van der Waals surface area (Å²) in [6.45, 7) is 1.24. The van der Waals surface area contributed by atoms with Crippen molar-refractivity contribution in [1.82, 2.24) is 10.6 Å². The number of nitrogens with one attached hydrogen (secondary N) is 2. The zero-order valence-corrected chi connectivity index (χ0v) is 16.2. The van der Waals surface area contributed by atoms with Gasteiger partial charge in [0.2, 0.25) is 0 Å². The quantitative estimate of drug-likeness (QED) is 0.297. The highest BCUT2D eigenvalue weighted by atomic mass is 16.6. The van der Waals surface area contributed by atoms with Gasteiger partial charge in [0.25, 0.3) is 11.6 Å². The molecule has 0 unspecified atom stereocenters. The zero-order valence-electron chi connectivity index (χ0n) is 16.2. The number of nitro benzene ring substituents is 1. The minimum absolute atomic E-state index is 0.160. The van der Waals surface area contributed by atoms with Gasteiger partial charge in [0.05, 0.1) is 10.5 Å². The molecule has 0 aliphatic rings. The fourth-order valence-electron chi connectivity index (χ4n) is 2.79. The van der Waals surface area contributed by atoms with E-state index in [0.29, 0.717) is 12.2 Å². The number of nitrogens with zero attached hydrogens (tertiary/aromatic N) is 2. The molecule has 0 heterocycles. The third-order valence-corrected chi connectivity index (χ3v) is 4.22. The van der Waals surface area contributed by atoms with Crippen molar-refractivity contribution in [3.8, 4) is 0 Å². The summed E-state index contributed by atoms with van der Waals surface area (Å²) in [6.07, 6.45) is 0.760. The maximum Gasteiger partial charge on any atom is 0.293 e. The second-order valence-electron chi connectivity index (χ2n) is 6.44. The number of hydrogen-bond acceptors (Lipinski definition) is 6. The van der Waals surface area contributed by atoms with Gasteiger partial charge in [-0.25, -0.2) is 0 Å². The van der Waals surface area contributed by atoms with E-state index in [0.717, 1.165) is 13.0 Å². The average molecular weight is 384 g/mol. The van der Waals surface area contributed by atoms with E-state index in [1.54, 1.807) is 43.3 Å². The number of carbonyl (C=O) groups is 2. The minimum Gasteiger partial charge on any atom is -0.372 e. The molecule has 0 saturated heterocycles. The van der Waals surface area contributed by atoms with Crippen molar-refractivity contribution in [1.29, 1.82) is 0 Å². The highest BCUT2D eigenvalue weighted by Gasteiger charge is 2.22. The predicted octanol–water partition coefficient (Wildman–Crippen LogP) is 2.23. The second kappa shape index (κ2) is 9.61. The third-order valence-electron chi connectivity index (χ3n) is 4.22. The van der Waals surface area contributed by atoms with Gasteiger partial charge in [0, 0.05) is 37.8 Å². The Labute approximate surface area is 163 Å². The molecule has 2 N–H and O–H groups in total. The first kappa shape index (κ1) is 21.0. The summed E-state index contributed by atoms with van der Waals surface area (Å²) < 4.78 is 0. The zero-order chi connectivity index (χ0) is 20.7. The Morgan fingerprint density at radius 1 is 1.07 bits per heavy atom. The fraction of sp³-hybridized carbons (Fsp3) is 0.300. The molecular formula is C20H24N4O4. The van der Waals surface area contributed by atoms with Crippen molar-refractivity contribution >= 4 is 23.1 Å². The van der Waals surface area contributed by atoms with E-state index in [4.69, 9.17) is 0 Å². The number of carbonyl (C=O) groups excluding carboxylic acids is 2. The number of hydrogen-bond donors (Lipinski definition) is 2. The summed E-state index contributed by atoms with van der Waals surface area (Å²) in [5.41, 5.74) is 0.853. The van der Waals surface area contributed by atoms with Crippen LogP contribution in [0, 0.1) is 10.1 Å². The van der Waals surface area contributed by atoms with E-state index in [1.165, 1.54) is 18.2 Å². The Hall–Kier alpha value is -3.26. The molecule has 0 aromatic heterocycles. The Morgan fingerprint density at radius 3 is 2.36 bits per heavy atom. The Bertz CT molecular complexity index is 880. The molecule has 0 atom stereocenters. The van der Waals surface area contributed by atoms with Gasteiger partial charge in [-0.15, -0.1) is 0 Å². The maximum absolute atomic E-state index is 13.0. The molecule has 0 fully saturated rings. The van der Waals surface area contributed by atoms with Gasteiger partial charge in [0.15, 0.2) is 5.78 Å². The number of amides is 1. The molecule has 1 amide bonds. The number of benzene rings is 2. The van der Waals surface area contributed by atoms with Crippen LogP contribution in [0.25, 0.3) is 0 Å². The van der Waals surface area contributed by atoms with Gasteiger partial charge in [-0.1, -0.05) is 18.2 Å². The predicted molar refractivity (Wildman–Crippen MR) is 108 cm³/mol. The van der Waals surface area contributed by atoms with Gasteiger partial charge in [-0.05, 0) is 38.2 Å². The number of anilines is 1. The van der Waals surface area contributed by atoms with E-state index in [9.17, 15) is 19.7 Å². The first-order valence-corrected chi connectivity index (χ1v) is 8.89. The van der Waals surface area contributed by atoms with Crippen LogP contribution in [0.2, 0.25) is 0 Å². The lowest BCUT2D eigenvalue weighted by molar-refractivity contribution is -0.384. The molecule has 0 spiro atoms. The summed E-state index contributed by atoms with van der Waals surface area (Å²) in [6, 6.07) is 10.8. The fourth-order valence-corrected chi connectivity index (χ4v) is 2.79. The Morgan fingerprint density at radius 2 is 1.75 bits per heavy atom. The molecule has 0 saturated carbocycles. The molecule has 8 heteroatoms. The summed E-state index contributed by atoms with van der Waals surface area (Å²) in [7, 11) is 5.21. The highest BCUT2D eigenvalue weighted by Crippen LogP contribution is 2.29. The largest absolute Gasteiger partial charge is 0.372 e. The lowest BCUT2D eigenvalue weighted by Crippen LogP contribution is -2.28. The van der Waals surface area contributed by atoms with E-state index in [2.05, 4.69) is 10.6 Å². The third kappa shape index (κ3) is 4.92.